The largest absolute Gasteiger partial charge is 0.393 e. The first-order chi connectivity index (χ1) is 20.5. The Morgan fingerprint density at radius 1 is 0.977 bits per heavy atom. The number of carbonyl (C=O) groups excluding carboxylic acids is 1. The molecule has 0 aliphatic heterocycles. The highest BCUT2D eigenvalue weighted by Crippen LogP contribution is 2.67. The van der Waals surface area contributed by atoms with Crippen molar-refractivity contribution in [3.63, 3.8) is 0 Å². The lowest BCUT2D eigenvalue weighted by Gasteiger charge is -2.58. The van der Waals surface area contributed by atoms with Crippen molar-refractivity contribution in [1.82, 2.24) is 0 Å². The maximum atomic E-state index is 13.0. The summed E-state index contributed by atoms with van der Waals surface area (Å²) in [5.41, 5.74) is 7.71. The molecule has 4 aliphatic rings. The van der Waals surface area contributed by atoms with E-state index in [0.717, 1.165) is 87.9 Å². The number of fused-ring (bicyclic) bond motifs is 5. The number of hydrogen-bond donors (Lipinski definition) is 2. The van der Waals surface area contributed by atoms with E-state index in [1.807, 2.05) is 0 Å². The molecule has 10 atom stereocenters. The summed E-state index contributed by atoms with van der Waals surface area (Å²) in [5, 5.41) is 10.4. The van der Waals surface area contributed by atoms with Crippen molar-refractivity contribution in [1.29, 1.82) is 0 Å². The lowest BCUT2D eigenvalue weighted by molar-refractivity contribution is -0.154. The Morgan fingerprint density at radius 2 is 1.72 bits per heavy atom. The van der Waals surface area contributed by atoms with Crippen LogP contribution in [-0.4, -0.2) is 29.3 Å². The van der Waals surface area contributed by atoms with E-state index in [-0.39, 0.29) is 17.9 Å². The summed E-state index contributed by atoms with van der Waals surface area (Å²) in [6, 6.07) is 0. The minimum absolute atomic E-state index is 0.119. The molecule has 43 heavy (non-hydrogen) atoms. The Kier molecular flexibility index (Phi) is 12.3. The van der Waals surface area contributed by atoms with Gasteiger partial charge in [0.05, 0.1) is 6.10 Å². The summed E-state index contributed by atoms with van der Waals surface area (Å²) in [7, 11) is 0. The van der Waals surface area contributed by atoms with Crippen LogP contribution in [0, 0.1) is 46.3 Å². The number of aliphatic hydroxyl groups is 1. The number of allylic oxidation sites excluding steroid dienone is 1. The molecular weight excluding hydrogens is 530 g/mol. The van der Waals surface area contributed by atoms with Crippen LogP contribution in [0.4, 0.5) is 0 Å². The molecule has 248 valence electrons. The topological polar surface area (TPSA) is 72.5 Å². The molecule has 0 saturated heterocycles. The quantitative estimate of drug-likeness (QED) is 0.129. The fourth-order valence-corrected chi connectivity index (χ4v) is 11.1. The van der Waals surface area contributed by atoms with Crippen molar-refractivity contribution < 1.29 is 14.6 Å². The first kappa shape index (κ1) is 35.0. The highest BCUT2D eigenvalue weighted by Gasteiger charge is 2.59. The number of rotatable bonds is 17. The van der Waals surface area contributed by atoms with Gasteiger partial charge in [0.15, 0.2) is 0 Å². The van der Waals surface area contributed by atoms with Crippen LogP contribution in [0.2, 0.25) is 0 Å². The molecular formula is C39H69NO3. The van der Waals surface area contributed by atoms with Gasteiger partial charge in [-0.25, -0.2) is 0 Å². The van der Waals surface area contributed by atoms with Crippen molar-refractivity contribution in [2.45, 2.75) is 175 Å². The predicted molar refractivity (Wildman–Crippen MR) is 180 cm³/mol. The number of primary amides is 1. The smallest absolute Gasteiger partial charge is 0.249 e. The zero-order valence-electron chi connectivity index (χ0n) is 29.1. The number of hydrogen-bond acceptors (Lipinski definition) is 3. The molecule has 0 aromatic rings. The van der Waals surface area contributed by atoms with Crippen molar-refractivity contribution in [3.05, 3.63) is 11.6 Å². The van der Waals surface area contributed by atoms with Crippen LogP contribution in [0.25, 0.3) is 0 Å². The van der Waals surface area contributed by atoms with Crippen LogP contribution in [0.15, 0.2) is 11.6 Å². The summed E-state index contributed by atoms with van der Waals surface area (Å²) in [6.07, 6.45) is 24.4. The van der Waals surface area contributed by atoms with E-state index in [2.05, 4.69) is 47.6 Å². The van der Waals surface area contributed by atoms with Crippen LogP contribution in [0.3, 0.4) is 0 Å². The fraction of sp³-hybridized carbons (Fsp3) is 0.923. The van der Waals surface area contributed by atoms with Gasteiger partial charge in [-0.3, -0.25) is 4.79 Å². The third-order valence-corrected chi connectivity index (χ3v) is 13.9. The Hall–Kier alpha value is -0.870. The Morgan fingerprint density at radius 3 is 2.44 bits per heavy atom. The van der Waals surface area contributed by atoms with Gasteiger partial charge in [0, 0.05) is 6.61 Å². The minimum Gasteiger partial charge on any atom is -0.393 e. The molecule has 3 N–H and O–H groups in total. The van der Waals surface area contributed by atoms with E-state index in [9.17, 15) is 9.90 Å². The van der Waals surface area contributed by atoms with Crippen molar-refractivity contribution in [3.8, 4) is 0 Å². The van der Waals surface area contributed by atoms with Gasteiger partial charge in [-0.2, -0.15) is 0 Å². The van der Waals surface area contributed by atoms with Crippen molar-refractivity contribution in [2.75, 3.05) is 6.61 Å². The average Bonchev–Trinajstić information content (AvgIpc) is 3.34. The molecule has 1 amide bonds. The SMILES string of the molecule is CCCCCCC(OCCCCC)(C(N)=O)C(C)CCCC(C)[C@H]1CC[C@H]2[C@@H]3CC=C4C[C@@H](O)CC[C@]4(C)[C@H]3CC[C@]12C. The Balaban J connectivity index is 1.36. The van der Waals surface area contributed by atoms with Crippen LogP contribution in [-0.2, 0) is 9.53 Å². The van der Waals surface area contributed by atoms with Gasteiger partial charge < -0.3 is 15.6 Å². The van der Waals surface area contributed by atoms with Gasteiger partial charge in [-0.05, 0) is 117 Å². The van der Waals surface area contributed by atoms with E-state index >= 15 is 0 Å². The van der Waals surface area contributed by atoms with Crippen LogP contribution in [0.1, 0.15) is 164 Å². The Labute approximate surface area is 265 Å². The molecule has 0 aromatic carbocycles. The molecule has 4 rings (SSSR count). The van der Waals surface area contributed by atoms with Crippen LogP contribution >= 0.6 is 0 Å². The first-order valence-electron chi connectivity index (χ1n) is 18.8. The molecule has 3 fully saturated rings. The number of carbonyl (C=O) groups is 1. The summed E-state index contributed by atoms with van der Waals surface area (Å²) in [6.45, 7) is 15.1. The van der Waals surface area contributed by atoms with E-state index in [4.69, 9.17) is 10.5 Å². The lowest BCUT2D eigenvalue weighted by atomic mass is 9.47. The van der Waals surface area contributed by atoms with Gasteiger partial charge in [0.1, 0.15) is 5.60 Å². The van der Waals surface area contributed by atoms with Crippen LogP contribution < -0.4 is 5.73 Å². The van der Waals surface area contributed by atoms with Gasteiger partial charge in [0.2, 0.25) is 5.91 Å². The molecule has 0 bridgehead atoms. The summed E-state index contributed by atoms with van der Waals surface area (Å²) in [5.74, 6) is 3.92. The van der Waals surface area contributed by atoms with E-state index in [1.54, 1.807) is 5.57 Å². The molecule has 4 nitrogen and oxygen atoms in total. The number of ether oxygens (including phenoxy) is 1. The van der Waals surface area contributed by atoms with Gasteiger partial charge in [-0.15, -0.1) is 0 Å². The molecule has 3 saturated carbocycles. The van der Waals surface area contributed by atoms with Gasteiger partial charge in [-0.1, -0.05) is 105 Å². The Bertz CT molecular complexity index is 917. The van der Waals surface area contributed by atoms with E-state index in [1.165, 1.54) is 57.8 Å². The molecule has 0 aromatic heterocycles. The predicted octanol–water partition coefficient (Wildman–Crippen LogP) is 9.77. The third kappa shape index (κ3) is 7.26. The zero-order chi connectivity index (χ0) is 31.3. The lowest BCUT2D eigenvalue weighted by Crippen LogP contribution is -2.51. The third-order valence-electron chi connectivity index (χ3n) is 13.9. The molecule has 0 radical (unpaired) electrons. The fourth-order valence-electron chi connectivity index (χ4n) is 11.1. The number of unbranched alkanes of at least 4 members (excludes halogenated alkanes) is 5. The maximum Gasteiger partial charge on any atom is 0.249 e. The number of amides is 1. The van der Waals surface area contributed by atoms with E-state index in [0.29, 0.717) is 23.4 Å². The minimum atomic E-state index is -0.813. The second kappa shape index (κ2) is 15.1. The zero-order valence-corrected chi connectivity index (χ0v) is 29.1. The normalized spacial score (nSPS) is 36.5. The highest BCUT2D eigenvalue weighted by atomic mass is 16.5. The number of aliphatic hydroxyl groups excluding tert-OH is 1. The molecule has 4 aliphatic carbocycles. The molecule has 0 spiro atoms. The first-order valence-corrected chi connectivity index (χ1v) is 18.8. The molecule has 4 heteroatoms. The molecule has 3 unspecified atom stereocenters. The monoisotopic (exact) mass is 600 g/mol. The number of nitrogens with two attached hydrogens (primary N) is 1. The summed E-state index contributed by atoms with van der Waals surface area (Å²) < 4.78 is 6.49. The summed E-state index contributed by atoms with van der Waals surface area (Å²) in [4.78, 5) is 13.0. The highest BCUT2D eigenvalue weighted by molar-refractivity contribution is 5.83. The van der Waals surface area contributed by atoms with E-state index < -0.39 is 5.60 Å². The second-order valence-electron chi connectivity index (χ2n) is 16.3. The maximum absolute atomic E-state index is 13.0. The van der Waals surface area contributed by atoms with Gasteiger partial charge in [0.25, 0.3) is 0 Å². The van der Waals surface area contributed by atoms with Crippen molar-refractivity contribution >= 4 is 5.91 Å². The van der Waals surface area contributed by atoms with Crippen LogP contribution in [0.5, 0.6) is 0 Å². The average molecular weight is 600 g/mol. The van der Waals surface area contributed by atoms with Crippen molar-refractivity contribution in [2.24, 2.45) is 52.1 Å². The molecule has 0 heterocycles. The second-order valence-corrected chi connectivity index (χ2v) is 16.3. The standard InChI is InChI=1S/C39H69NO3/c1-7-9-11-12-23-39(36(40)42,43-26-13-10-8-2)29(4)16-14-15-28(3)33-19-20-34-32-18-17-30-27-31(41)21-24-37(30,5)35(32)22-25-38(33,34)6/h17,28-29,31-35,41H,7-16,18-27H2,1-6H3,(H2,40,42)/t28?,29?,31-,32-,33+,34-,35-,37-,38+,39?/m0/s1. The summed E-state index contributed by atoms with van der Waals surface area (Å²) >= 11 is 0. The van der Waals surface area contributed by atoms with Gasteiger partial charge >= 0.3 is 0 Å².